The summed E-state index contributed by atoms with van der Waals surface area (Å²) in [4.78, 5) is 10.5. The maximum absolute atomic E-state index is 10.5. The van der Waals surface area contributed by atoms with Crippen LogP contribution < -0.4 is 0 Å². The summed E-state index contributed by atoms with van der Waals surface area (Å²) in [5.41, 5.74) is 0. The molecule has 0 aliphatic carbocycles. The van der Waals surface area contributed by atoms with Crippen molar-refractivity contribution in [3.63, 3.8) is 0 Å². The molecule has 0 fully saturated rings. The zero-order chi connectivity index (χ0) is 33.3. The minimum atomic E-state index is -0.649. The van der Waals surface area contributed by atoms with E-state index < -0.39 is 5.97 Å². The van der Waals surface area contributed by atoms with Gasteiger partial charge in [0.1, 0.15) is 0 Å². The van der Waals surface area contributed by atoms with Crippen LogP contribution in [0, 0.1) is 0 Å². The Labute approximate surface area is 290 Å². The van der Waals surface area contributed by atoms with E-state index in [0.717, 1.165) is 19.3 Å². The summed E-state index contributed by atoms with van der Waals surface area (Å²) in [6, 6.07) is 0. The minimum absolute atomic E-state index is 0.345. The minimum Gasteiger partial charge on any atom is -0.481 e. The number of carboxylic acids is 1. The van der Waals surface area contributed by atoms with Crippen molar-refractivity contribution in [2.75, 3.05) is 6.61 Å². The Kier molecular flexibility index (Phi) is 41.9. The molecule has 2 N–H and O–H groups in total. The largest absolute Gasteiger partial charge is 0.481 e. The van der Waals surface area contributed by atoms with Gasteiger partial charge in [-0.3, -0.25) is 4.79 Å². The molecule has 0 aromatic carbocycles. The fourth-order valence-corrected chi connectivity index (χ4v) is 7.11. The number of aliphatic hydroxyl groups is 1. The molecule has 0 aliphatic rings. The summed E-state index contributed by atoms with van der Waals surface area (Å²) >= 11 is 0. The van der Waals surface area contributed by atoms with Gasteiger partial charge in [0.25, 0.3) is 0 Å². The molecule has 0 bridgehead atoms. The molecule has 0 spiro atoms. The molecule has 0 atom stereocenters. The van der Waals surface area contributed by atoms with Gasteiger partial charge in [0, 0.05) is 13.0 Å². The Bertz CT molecular complexity index is 548. The Hall–Kier alpha value is -0.570. The van der Waals surface area contributed by atoms with E-state index >= 15 is 0 Å². The lowest BCUT2D eigenvalue weighted by Gasteiger charge is -2.05. The molecule has 3 nitrogen and oxygen atoms in total. The standard InChI is InChI=1S/C43H86O3/c44-42-40-38-36-34-32-30-28-26-24-22-20-18-16-14-12-10-8-6-4-2-1-3-5-7-9-11-13-15-17-19-21-23-25-27-29-31-33-35-37-39-41-43(45)46/h44H,1-42H2,(H,45,46). The van der Waals surface area contributed by atoms with Gasteiger partial charge in [0.2, 0.25) is 0 Å². The van der Waals surface area contributed by atoms with Gasteiger partial charge in [-0.2, -0.15) is 0 Å². The van der Waals surface area contributed by atoms with E-state index in [1.165, 1.54) is 238 Å². The molecule has 276 valence electrons. The number of carbonyl (C=O) groups is 1. The van der Waals surface area contributed by atoms with Crippen LogP contribution in [0.25, 0.3) is 0 Å². The SMILES string of the molecule is O=C(O)CCCCCCCCCCCCCCCCCCCCCCCCCCCCCCCCCCCCCCCCCCO. The lowest BCUT2D eigenvalue weighted by molar-refractivity contribution is -0.137. The molecule has 0 radical (unpaired) electrons. The van der Waals surface area contributed by atoms with Crippen molar-refractivity contribution in [2.45, 2.75) is 263 Å². The second-order valence-electron chi connectivity index (χ2n) is 15.0. The highest BCUT2D eigenvalue weighted by atomic mass is 16.4. The van der Waals surface area contributed by atoms with Gasteiger partial charge in [-0.25, -0.2) is 0 Å². The third-order valence-electron chi connectivity index (χ3n) is 10.3. The Balaban J connectivity index is 3.04. The monoisotopic (exact) mass is 651 g/mol. The number of carboxylic acid groups (broad SMARTS) is 1. The van der Waals surface area contributed by atoms with Crippen molar-refractivity contribution in [1.82, 2.24) is 0 Å². The molecule has 0 amide bonds. The van der Waals surface area contributed by atoms with E-state index in [2.05, 4.69) is 0 Å². The third kappa shape index (κ3) is 43.4. The zero-order valence-electron chi connectivity index (χ0n) is 31.5. The number of hydrogen-bond donors (Lipinski definition) is 2. The van der Waals surface area contributed by atoms with Crippen LogP contribution in [-0.4, -0.2) is 22.8 Å². The van der Waals surface area contributed by atoms with Crippen molar-refractivity contribution in [3.8, 4) is 0 Å². The smallest absolute Gasteiger partial charge is 0.303 e. The van der Waals surface area contributed by atoms with Crippen molar-refractivity contribution < 1.29 is 15.0 Å². The third-order valence-corrected chi connectivity index (χ3v) is 10.3. The van der Waals surface area contributed by atoms with E-state index in [-0.39, 0.29) is 0 Å². The van der Waals surface area contributed by atoms with Gasteiger partial charge in [0.15, 0.2) is 0 Å². The highest BCUT2D eigenvalue weighted by molar-refractivity contribution is 5.66. The number of unbranched alkanes of at least 4 members (excludes halogenated alkanes) is 39. The van der Waals surface area contributed by atoms with Gasteiger partial charge in [-0.05, 0) is 12.8 Å². The lowest BCUT2D eigenvalue weighted by atomic mass is 10.0. The second-order valence-corrected chi connectivity index (χ2v) is 15.0. The molecule has 0 saturated carbocycles. The molecule has 0 aromatic heterocycles. The topological polar surface area (TPSA) is 57.5 Å². The highest BCUT2D eigenvalue weighted by Crippen LogP contribution is 2.17. The average molecular weight is 651 g/mol. The van der Waals surface area contributed by atoms with Crippen LogP contribution in [0.4, 0.5) is 0 Å². The van der Waals surface area contributed by atoms with E-state index in [0.29, 0.717) is 13.0 Å². The van der Waals surface area contributed by atoms with Gasteiger partial charge in [-0.1, -0.05) is 244 Å². The summed E-state index contributed by atoms with van der Waals surface area (Å²) in [7, 11) is 0. The van der Waals surface area contributed by atoms with Crippen molar-refractivity contribution in [1.29, 1.82) is 0 Å². The molecule has 46 heavy (non-hydrogen) atoms. The first-order chi connectivity index (χ1) is 22.8. The van der Waals surface area contributed by atoms with Crippen molar-refractivity contribution in [3.05, 3.63) is 0 Å². The van der Waals surface area contributed by atoms with Gasteiger partial charge in [-0.15, -0.1) is 0 Å². The quantitative estimate of drug-likeness (QED) is 0.0646. The second kappa shape index (κ2) is 42.5. The zero-order valence-corrected chi connectivity index (χ0v) is 31.5. The Morgan fingerprint density at radius 3 is 0.500 bits per heavy atom. The van der Waals surface area contributed by atoms with Crippen LogP contribution in [0.5, 0.6) is 0 Å². The normalized spacial score (nSPS) is 11.5. The summed E-state index contributed by atoms with van der Waals surface area (Å²) < 4.78 is 0. The van der Waals surface area contributed by atoms with Crippen molar-refractivity contribution >= 4 is 5.97 Å². The molecule has 3 heteroatoms. The van der Waals surface area contributed by atoms with Gasteiger partial charge < -0.3 is 10.2 Å². The van der Waals surface area contributed by atoms with Crippen LogP contribution in [0.15, 0.2) is 0 Å². The maximum atomic E-state index is 10.5. The lowest BCUT2D eigenvalue weighted by Crippen LogP contribution is -1.93. The maximum Gasteiger partial charge on any atom is 0.303 e. The number of aliphatic hydroxyl groups excluding tert-OH is 1. The first-order valence-electron chi connectivity index (χ1n) is 21.6. The summed E-state index contributed by atoms with van der Waals surface area (Å²) in [6.45, 7) is 0.370. The highest BCUT2D eigenvalue weighted by Gasteiger charge is 1.99. The summed E-state index contributed by atoms with van der Waals surface area (Å²) in [6.07, 6.45) is 56.0. The predicted octanol–water partition coefficient (Wildman–Crippen LogP) is 15.1. The van der Waals surface area contributed by atoms with Gasteiger partial charge in [0.05, 0.1) is 0 Å². The van der Waals surface area contributed by atoms with Crippen LogP contribution in [-0.2, 0) is 4.79 Å². The first-order valence-corrected chi connectivity index (χ1v) is 21.6. The van der Waals surface area contributed by atoms with E-state index in [4.69, 9.17) is 10.2 Å². The first kappa shape index (κ1) is 45.4. The Morgan fingerprint density at radius 2 is 0.370 bits per heavy atom. The molecule has 0 aromatic rings. The van der Waals surface area contributed by atoms with E-state index in [9.17, 15) is 4.79 Å². The fourth-order valence-electron chi connectivity index (χ4n) is 7.11. The fraction of sp³-hybridized carbons (Fsp3) is 0.977. The van der Waals surface area contributed by atoms with Gasteiger partial charge >= 0.3 is 5.97 Å². The predicted molar refractivity (Wildman–Crippen MR) is 204 cm³/mol. The molecular formula is C43H86O3. The molecule has 0 unspecified atom stereocenters. The molecule has 0 rings (SSSR count). The van der Waals surface area contributed by atoms with Crippen LogP contribution in [0.2, 0.25) is 0 Å². The molecule has 0 heterocycles. The number of hydrogen-bond acceptors (Lipinski definition) is 2. The van der Waals surface area contributed by atoms with Crippen LogP contribution >= 0.6 is 0 Å². The molecule has 0 aliphatic heterocycles. The number of aliphatic carboxylic acids is 1. The van der Waals surface area contributed by atoms with E-state index in [1.807, 2.05) is 0 Å². The molecule has 0 saturated heterocycles. The Morgan fingerprint density at radius 1 is 0.239 bits per heavy atom. The molecular weight excluding hydrogens is 564 g/mol. The number of rotatable bonds is 42. The van der Waals surface area contributed by atoms with Crippen molar-refractivity contribution in [2.24, 2.45) is 0 Å². The van der Waals surface area contributed by atoms with Crippen LogP contribution in [0.1, 0.15) is 263 Å². The van der Waals surface area contributed by atoms with E-state index in [1.54, 1.807) is 0 Å². The van der Waals surface area contributed by atoms with Crippen LogP contribution in [0.3, 0.4) is 0 Å². The summed E-state index contributed by atoms with van der Waals surface area (Å²) in [5.74, 6) is -0.649. The summed E-state index contributed by atoms with van der Waals surface area (Å²) in [5, 5.41) is 17.4. The average Bonchev–Trinajstić information content (AvgIpc) is 3.05.